The van der Waals surface area contributed by atoms with E-state index in [4.69, 9.17) is 9.84 Å². The maximum Gasteiger partial charge on any atom is 0.344 e. The van der Waals surface area contributed by atoms with E-state index in [1.807, 2.05) is 30.9 Å². The Bertz CT molecular complexity index is 1150. The van der Waals surface area contributed by atoms with E-state index in [2.05, 4.69) is 9.97 Å². The molecule has 0 saturated carbocycles. The summed E-state index contributed by atoms with van der Waals surface area (Å²) in [5.41, 5.74) is 3.83. The molecular weight excluding hydrogens is 464 g/mol. The van der Waals surface area contributed by atoms with Crippen LogP contribution < -0.4 is 9.64 Å². The number of carboxylic acid groups (broad SMARTS) is 1. The molecule has 1 atom stereocenters. The smallest absolute Gasteiger partial charge is 0.344 e. The number of aliphatic carboxylic acids is 1. The van der Waals surface area contributed by atoms with Gasteiger partial charge in [-0.05, 0) is 55.0 Å². The maximum absolute atomic E-state index is 14.0. The van der Waals surface area contributed by atoms with Crippen LogP contribution in [0.5, 0.6) is 5.75 Å². The Balaban J connectivity index is 1.77. The molecule has 0 aliphatic heterocycles. The summed E-state index contributed by atoms with van der Waals surface area (Å²) < 4.78 is 33.6. The van der Waals surface area contributed by atoms with Crippen LogP contribution in [0.25, 0.3) is 0 Å². The highest BCUT2D eigenvalue weighted by molar-refractivity contribution is 5.72. The molecule has 8 heteroatoms. The first-order chi connectivity index (χ1) is 17.1. The highest BCUT2D eigenvalue weighted by atomic mass is 19.3. The van der Waals surface area contributed by atoms with Crippen LogP contribution in [-0.2, 0) is 30.1 Å². The second-order valence-corrected chi connectivity index (χ2v) is 8.87. The first-order valence-electron chi connectivity index (χ1n) is 12.1. The summed E-state index contributed by atoms with van der Waals surface area (Å²) >= 11 is 0. The van der Waals surface area contributed by atoms with Gasteiger partial charge in [0, 0.05) is 37.5 Å². The fraction of sp³-hybridized carbons (Fsp3) is 0.393. The number of aromatic nitrogens is 2. The molecule has 0 spiro atoms. The molecule has 6 nitrogen and oxygen atoms in total. The van der Waals surface area contributed by atoms with Gasteiger partial charge in [0.05, 0.1) is 0 Å². The third-order valence-corrected chi connectivity index (χ3v) is 6.14. The summed E-state index contributed by atoms with van der Waals surface area (Å²) in [6.07, 6.45) is 3.95. The number of carboxylic acids is 1. The van der Waals surface area contributed by atoms with E-state index in [1.54, 1.807) is 30.6 Å². The molecule has 2 aromatic carbocycles. The van der Waals surface area contributed by atoms with Crippen molar-refractivity contribution in [1.29, 1.82) is 0 Å². The number of ether oxygens (including phenoxy) is 1. The predicted molar refractivity (Wildman–Crippen MR) is 136 cm³/mol. The van der Waals surface area contributed by atoms with Crippen LogP contribution in [0.1, 0.15) is 55.0 Å². The zero-order valence-electron chi connectivity index (χ0n) is 21.2. The average Bonchev–Trinajstić information content (AvgIpc) is 2.88. The van der Waals surface area contributed by atoms with Gasteiger partial charge in [-0.25, -0.2) is 23.5 Å². The Labute approximate surface area is 211 Å². The summed E-state index contributed by atoms with van der Waals surface area (Å²) in [6.45, 7) is 7.96. The van der Waals surface area contributed by atoms with Gasteiger partial charge in [0.25, 0.3) is 5.92 Å². The largest absolute Gasteiger partial charge is 0.479 e. The fourth-order valence-corrected chi connectivity index (χ4v) is 3.73. The standard InChI is InChI=1S/C28H33F2N3O3/c1-5-21-16-31-27(32-17-21)33(18-23-7-10-24(11-8-23)28(29,30)6-2)14-13-22-9-12-25(19(3)15-22)36-20(4)26(34)35/h7-12,15-17,20H,5-6,13-14,18H2,1-4H3,(H,34,35). The molecule has 1 heterocycles. The van der Waals surface area contributed by atoms with E-state index in [0.717, 1.165) is 28.7 Å². The van der Waals surface area contributed by atoms with E-state index >= 15 is 0 Å². The summed E-state index contributed by atoms with van der Waals surface area (Å²) in [7, 11) is 0. The van der Waals surface area contributed by atoms with Gasteiger partial charge in [0.2, 0.25) is 5.95 Å². The molecule has 3 aromatic rings. The molecule has 0 bridgehead atoms. The van der Waals surface area contributed by atoms with Crippen molar-refractivity contribution in [2.45, 2.75) is 65.5 Å². The number of halogens is 2. The van der Waals surface area contributed by atoms with Crippen molar-refractivity contribution in [2.24, 2.45) is 0 Å². The topological polar surface area (TPSA) is 75.6 Å². The van der Waals surface area contributed by atoms with E-state index < -0.39 is 18.0 Å². The number of benzene rings is 2. The molecule has 192 valence electrons. The second-order valence-electron chi connectivity index (χ2n) is 8.87. The summed E-state index contributed by atoms with van der Waals surface area (Å²) in [6, 6.07) is 12.1. The Kier molecular flexibility index (Phi) is 8.96. The van der Waals surface area contributed by atoms with Crippen molar-refractivity contribution in [3.05, 3.63) is 82.7 Å². The van der Waals surface area contributed by atoms with Crippen LogP contribution in [-0.4, -0.2) is 33.7 Å². The number of alkyl halides is 2. The Morgan fingerprint density at radius 2 is 1.69 bits per heavy atom. The van der Waals surface area contributed by atoms with Crippen molar-refractivity contribution in [2.75, 3.05) is 11.4 Å². The van der Waals surface area contributed by atoms with Gasteiger partial charge in [-0.3, -0.25) is 0 Å². The molecule has 0 amide bonds. The number of hydrogen-bond acceptors (Lipinski definition) is 5. The van der Waals surface area contributed by atoms with Gasteiger partial charge < -0.3 is 14.7 Å². The number of nitrogens with zero attached hydrogens (tertiary/aromatic N) is 3. The fourth-order valence-electron chi connectivity index (χ4n) is 3.73. The summed E-state index contributed by atoms with van der Waals surface area (Å²) in [4.78, 5) is 22.2. The van der Waals surface area contributed by atoms with Crippen molar-refractivity contribution < 1.29 is 23.4 Å². The lowest BCUT2D eigenvalue weighted by molar-refractivity contribution is -0.144. The highest BCUT2D eigenvalue weighted by Gasteiger charge is 2.28. The third kappa shape index (κ3) is 6.99. The Morgan fingerprint density at radius 1 is 1.06 bits per heavy atom. The molecule has 1 aromatic heterocycles. The lowest BCUT2D eigenvalue weighted by atomic mass is 10.0. The van der Waals surface area contributed by atoms with E-state index in [9.17, 15) is 13.6 Å². The normalized spacial score (nSPS) is 12.3. The maximum atomic E-state index is 14.0. The average molecular weight is 498 g/mol. The SMILES string of the molecule is CCc1cnc(N(CCc2ccc(OC(C)C(=O)O)c(C)c2)Cc2ccc(C(F)(F)CC)cc2)nc1. The van der Waals surface area contributed by atoms with Crippen molar-refractivity contribution in [3.63, 3.8) is 0 Å². The zero-order valence-corrected chi connectivity index (χ0v) is 21.2. The third-order valence-electron chi connectivity index (χ3n) is 6.14. The molecule has 0 aliphatic carbocycles. The minimum absolute atomic E-state index is 0.0128. The Morgan fingerprint density at radius 3 is 2.25 bits per heavy atom. The lowest BCUT2D eigenvalue weighted by Crippen LogP contribution is -2.27. The van der Waals surface area contributed by atoms with E-state index in [-0.39, 0.29) is 12.0 Å². The van der Waals surface area contributed by atoms with Gasteiger partial charge in [-0.1, -0.05) is 50.2 Å². The molecule has 0 saturated heterocycles. The Hall–Kier alpha value is -3.55. The van der Waals surface area contributed by atoms with Crippen LogP contribution in [0.2, 0.25) is 0 Å². The summed E-state index contributed by atoms with van der Waals surface area (Å²) in [5, 5.41) is 9.08. The predicted octanol–water partition coefficient (Wildman–Crippen LogP) is 5.95. The lowest BCUT2D eigenvalue weighted by Gasteiger charge is -2.24. The summed E-state index contributed by atoms with van der Waals surface area (Å²) in [5.74, 6) is -2.75. The number of rotatable bonds is 12. The van der Waals surface area contributed by atoms with E-state index in [1.165, 1.54) is 26.0 Å². The minimum atomic E-state index is -2.84. The first-order valence-corrected chi connectivity index (χ1v) is 12.1. The van der Waals surface area contributed by atoms with E-state index in [0.29, 0.717) is 31.2 Å². The molecule has 0 aliphatic rings. The van der Waals surface area contributed by atoms with Gasteiger partial charge in [-0.15, -0.1) is 0 Å². The van der Waals surface area contributed by atoms with Crippen LogP contribution in [0, 0.1) is 6.92 Å². The van der Waals surface area contributed by atoms with Crippen LogP contribution in [0.3, 0.4) is 0 Å². The van der Waals surface area contributed by atoms with Crippen LogP contribution in [0.4, 0.5) is 14.7 Å². The van der Waals surface area contributed by atoms with Crippen LogP contribution >= 0.6 is 0 Å². The number of aryl methyl sites for hydroxylation is 2. The molecule has 3 rings (SSSR count). The van der Waals surface area contributed by atoms with Gasteiger partial charge in [0.15, 0.2) is 6.10 Å². The first kappa shape index (κ1) is 27.0. The molecule has 36 heavy (non-hydrogen) atoms. The minimum Gasteiger partial charge on any atom is -0.479 e. The van der Waals surface area contributed by atoms with Gasteiger partial charge in [-0.2, -0.15) is 0 Å². The highest BCUT2D eigenvalue weighted by Crippen LogP contribution is 2.31. The molecule has 1 unspecified atom stereocenters. The molecule has 1 N–H and O–H groups in total. The molecule has 0 radical (unpaired) electrons. The number of anilines is 1. The molecule has 0 fully saturated rings. The molecular formula is C28H33F2N3O3. The van der Waals surface area contributed by atoms with Gasteiger partial charge in [0.1, 0.15) is 5.75 Å². The van der Waals surface area contributed by atoms with Gasteiger partial charge >= 0.3 is 5.97 Å². The monoisotopic (exact) mass is 497 g/mol. The number of carbonyl (C=O) groups is 1. The van der Waals surface area contributed by atoms with Crippen molar-refractivity contribution >= 4 is 11.9 Å². The van der Waals surface area contributed by atoms with Crippen molar-refractivity contribution in [1.82, 2.24) is 9.97 Å². The quantitative estimate of drug-likeness (QED) is 0.333. The van der Waals surface area contributed by atoms with Crippen molar-refractivity contribution in [3.8, 4) is 5.75 Å². The van der Waals surface area contributed by atoms with Crippen LogP contribution in [0.15, 0.2) is 54.9 Å². The zero-order chi connectivity index (χ0) is 26.3. The number of hydrogen-bond donors (Lipinski definition) is 1. The second kappa shape index (κ2) is 11.9.